The third kappa shape index (κ3) is 4.02. The number of aromatic nitrogens is 2. The average molecular weight is 343 g/mol. The molecule has 0 aliphatic heterocycles. The molecule has 3 nitrogen and oxygen atoms in total. The largest absolute Gasteiger partial charge is 0.301 e. The van der Waals surface area contributed by atoms with Crippen LogP contribution in [0.4, 0.5) is 0 Å². The molecule has 0 amide bonds. The summed E-state index contributed by atoms with van der Waals surface area (Å²) in [6, 6.07) is 5.37. The van der Waals surface area contributed by atoms with Crippen molar-refractivity contribution in [1.82, 2.24) is 9.97 Å². The van der Waals surface area contributed by atoms with Gasteiger partial charge in [-0.1, -0.05) is 54.9 Å². The second-order valence-corrected chi connectivity index (χ2v) is 7.37. The Labute approximate surface area is 138 Å². The molecule has 0 aliphatic rings. The smallest absolute Gasteiger partial charge is 0.254 e. The lowest BCUT2D eigenvalue weighted by atomic mass is 10.1. The predicted octanol–water partition coefficient (Wildman–Crippen LogP) is 4.48. The molecule has 1 aromatic heterocycles. The molecule has 112 valence electrons. The van der Waals surface area contributed by atoms with Crippen LogP contribution in [-0.2, 0) is 6.42 Å². The molecule has 0 fully saturated rings. The van der Waals surface area contributed by atoms with Crippen molar-refractivity contribution in [2.45, 2.75) is 37.6 Å². The maximum Gasteiger partial charge on any atom is 0.254 e. The molecule has 0 aliphatic carbocycles. The fraction of sp³-hybridized carbons (Fsp3) is 0.333. The number of nitrogens with one attached hydrogen (secondary N) is 1. The van der Waals surface area contributed by atoms with Gasteiger partial charge in [-0.25, -0.2) is 4.98 Å². The summed E-state index contributed by atoms with van der Waals surface area (Å²) >= 11 is 13.9. The zero-order chi connectivity index (χ0) is 15.6. The van der Waals surface area contributed by atoms with Crippen LogP contribution in [0.25, 0.3) is 0 Å². The normalized spacial score (nSPS) is 11.1. The molecule has 0 atom stereocenters. The molecule has 6 heteroatoms. The summed E-state index contributed by atoms with van der Waals surface area (Å²) in [4.78, 5) is 19.4. The lowest BCUT2D eigenvalue weighted by molar-refractivity contribution is 0.854. The van der Waals surface area contributed by atoms with E-state index >= 15 is 0 Å². The Morgan fingerprint density at radius 1 is 1.29 bits per heavy atom. The summed E-state index contributed by atoms with van der Waals surface area (Å²) in [5, 5.41) is 2.13. The maximum absolute atomic E-state index is 12.0. The van der Waals surface area contributed by atoms with E-state index in [1.807, 2.05) is 0 Å². The first-order chi connectivity index (χ1) is 9.88. The molecule has 0 saturated carbocycles. The van der Waals surface area contributed by atoms with Gasteiger partial charge in [-0.15, -0.1) is 0 Å². The van der Waals surface area contributed by atoms with Gasteiger partial charge in [-0.3, -0.25) is 4.79 Å². The van der Waals surface area contributed by atoms with Crippen molar-refractivity contribution in [2.24, 2.45) is 0 Å². The Morgan fingerprint density at radius 3 is 2.48 bits per heavy atom. The van der Waals surface area contributed by atoms with Crippen molar-refractivity contribution in [1.29, 1.82) is 0 Å². The molecule has 0 bridgehead atoms. The highest BCUT2D eigenvalue weighted by Crippen LogP contribution is 2.27. The van der Waals surface area contributed by atoms with E-state index in [-0.39, 0.29) is 5.56 Å². The van der Waals surface area contributed by atoms with Crippen LogP contribution in [0.5, 0.6) is 0 Å². The van der Waals surface area contributed by atoms with E-state index in [4.69, 9.17) is 23.2 Å². The van der Waals surface area contributed by atoms with Crippen LogP contribution in [0.15, 0.2) is 28.2 Å². The lowest BCUT2D eigenvalue weighted by Gasteiger charge is -2.11. The minimum absolute atomic E-state index is 0.119. The molecule has 1 aromatic carbocycles. The Bertz CT molecular complexity index is 693. The highest BCUT2D eigenvalue weighted by molar-refractivity contribution is 7.99. The van der Waals surface area contributed by atoms with Gasteiger partial charge >= 0.3 is 0 Å². The van der Waals surface area contributed by atoms with Gasteiger partial charge in [0.1, 0.15) is 0 Å². The number of nitrogens with zero attached hydrogens (tertiary/aromatic N) is 1. The van der Waals surface area contributed by atoms with Gasteiger partial charge in [-0.2, -0.15) is 0 Å². The van der Waals surface area contributed by atoms with Crippen LogP contribution in [0.2, 0.25) is 10.0 Å². The first kappa shape index (κ1) is 16.4. The summed E-state index contributed by atoms with van der Waals surface area (Å²) in [6.07, 6.45) is 0.444. The van der Waals surface area contributed by atoms with Crippen molar-refractivity contribution in [3.63, 3.8) is 0 Å². The molecule has 1 heterocycles. The van der Waals surface area contributed by atoms with Crippen molar-refractivity contribution in [3.8, 4) is 0 Å². The van der Waals surface area contributed by atoms with Gasteiger partial charge in [0.05, 0.1) is 5.69 Å². The maximum atomic E-state index is 12.0. The zero-order valence-electron chi connectivity index (χ0n) is 12.0. The summed E-state index contributed by atoms with van der Waals surface area (Å²) in [6.45, 7) is 5.86. The lowest BCUT2D eigenvalue weighted by Crippen LogP contribution is -2.16. The molecule has 0 spiro atoms. The van der Waals surface area contributed by atoms with Crippen LogP contribution < -0.4 is 5.56 Å². The Morgan fingerprint density at radius 2 is 1.90 bits per heavy atom. The van der Waals surface area contributed by atoms with E-state index in [1.54, 1.807) is 25.1 Å². The van der Waals surface area contributed by atoms with Gasteiger partial charge in [0.2, 0.25) is 0 Å². The third-order valence-electron chi connectivity index (χ3n) is 2.98. The van der Waals surface area contributed by atoms with E-state index in [2.05, 4.69) is 23.8 Å². The summed E-state index contributed by atoms with van der Waals surface area (Å²) in [7, 11) is 0. The van der Waals surface area contributed by atoms with E-state index in [1.165, 1.54) is 11.8 Å². The van der Waals surface area contributed by atoms with Crippen LogP contribution in [0.1, 0.15) is 30.7 Å². The second kappa shape index (κ2) is 6.86. The molecule has 2 aromatic rings. The molecular formula is C15H16Cl2N2OS. The fourth-order valence-electron chi connectivity index (χ4n) is 1.88. The van der Waals surface area contributed by atoms with Crippen molar-refractivity contribution in [3.05, 3.63) is 55.4 Å². The highest BCUT2D eigenvalue weighted by Gasteiger charge is 2.13. The minimum Gasteiger partial charge on any atom is -0.301 e. The van der Waals surface area contributed by atoms with Gasteiger partial charge < -0.3 is 4.98 Å². The number of H-pyrrole nitrogens is 1. The van der Waals surface area contributed by atoms with Gasteiger partial charge in [0.15, 0.2) is 5.16 Å². The Hall–Kier alpha value is -0.970. The zero-order valence-corrected chi connectivity index (χ0v) is 14.4. The predicted molar refractivity (Wildman–Crippen MR) is 89.9 cm³/mol. The Balaban J connectivity index is 2.44. The van der Waals surface area contributed by atoms with E-state index in [0.29, 0.717) is 38.1 Å². The number of rotatable bonds is 4. The molecule has 1 N–H and O–H groups in total. The topological polar surface area (TPSA) is 45.8 Å². The number of benzene rings is 1. The van der Waals surface area contributed by atoms with Gasteiger partial charge in [-0.05, 0) is 24.6 Å². The molecule has 0 unspecified atom stereocenters. The highest BCUT2D eigenvalue weighted by atomic mass is 35.5. The summed E-state index contributed by atoms with van der Waals surface area (Å²) < 4.78 is 0. The van der Waals surface area contributed by atoms with Crippen molar-refractivity contribution in [2.75, 3.05) is 0 Å². The van der Waals surface area contributed by atoms with Crippen LogP contribution in [-0.4, -0.2) is 15.2 Å². The van der Waals surface area contributed by atoms with E-state index in [9.17, 15) is 4.79 Å². The first-order valence-electron chi connectivity index (χ1n) is 6.57. The number of aromatic amines is 1. The van der Waals surface area contributed by atoms with Crippen molar-refractivity contribution >= 4 is 35.0 Å². The summed E-state index contributed by atoms with van der Waals surface area (Å²) in [5.41, 5.74) is 1.98. The molecule has 0 saturated heterocycles. The fourth-order valence-corrected chi connectivity index (χ4v) is 3.17. The standard InChI is InChI=1S/C15H16Cl2N2OS/c1-8(2)21-15-18-13(9(3)14(20)19-15)7-10-11(16)5-4-6-12(10)17/h4-6,8H,7H2,1-3H3,(H,18,19,20). The molecule has 0 radical (unpaired) electrons. The minimum atomic E-state index is -0.119. The molecular weight excluding hydrogens is 327 g/mol. The van der Waals surface area contributed by atoms with E-state index < -0.39 is 0 Å². The number of hydrogen-bond acceptors (Lipinski definition) is 3. The Kier molecular flexibility index (Phi) is 5.36. The second-order valence-electron chi connectivity index (χ2n) is 4.99. The number of halogens is 2. The quantitative estimate of drug-likeness (QED) is 0.658. The van der Waals surface area contributed by atoms with Gasteiger partial charge in [0.25, 0.3) is 5.56 Å². The molecule has 2 rings (SSSR count). The van der Waals surface area contributed by atoms with Crippen LogP contribution >= 0.6 is 35.0 Å². The number of hydrogen-bond donors (Lipinski definition) is 1. The average Bonchev–Trinajstić information content (AvgIpc) is 2.38. The van der Waals surface area contributed by atoms with Gasteiger partial charge in [0, 0.05) is 27.3 Å². The van der Waals surface area contributed by atoms with Crippen LogP contribution in [0.3, 0.4) is 0 Å². The van der Waals surface area contributed by atoms with E-state index in [0.717, 1.165) is 5.56 Å². The van der Waals surface area contributed by atoms with Crippen molar-refractivity contribution < 1.29 is 0 Å². The number of thioether (sulfide) groups is 1. The van der Waals surface area contributed by atoms with Crippen LogP contribution in [0, 0.1) is 6.92 Å². The molecule has 21 heavy (non-hydrogen) atoms. The SMILES string of the molecule is Cc1c(Cc2c(Cl)cccc2Cl)nc(SC(C)C)[nH]c1=O. The first-order valence-corrected chi connectivity index (χ1v) is 8.21. The monoisotopic (exact) mass is 342 g/mol. The summed E-state index contributed by atoms with van der Waals surface area (Å²) in [5.74, 6) is 0. The third-order valence-corrected chi connectivity index (χ3v) is 4.58.